The van der Waals surface area contributed by atoms with Gasteiger partial charge in [0.2, 0.25) is 0 Å². The van der Waals surface area contributed by atoms with Gasteiger partial charge in [0, 0.05) is 31.4 Å². The molecule has 0 bridgehead atoms. The zero-order chi connectivity index (χ0) is 13.9. The zero-order valence-electron chi connectivity index (χ0n) is 12.2. The molecule has 2 saturated carbocycles. The molecule has 1 N–H and O–H groups in total. The number of nitrogens with one attached hydrogen (secondary N) is 1. The van der Waals surface area contributed by atoms with E-state index in [2.05, 4.69) is 28.2 Å². The molecule has 2 aliphatic carbocycles. The minimum atomic E-state index is 0.665. The maximum absolute atomic E-state index is 6.29. The summed E-state index contributed by atoms with van der Waals surface area (Å²) in [5, 5.41) is 4.32. The third-order valence-electron chi connectivity index (χ3n) is 4.48. The van der Waals surface area contributed by atoms with Crippen LogP contribution in [0.1, 0.15) is 51.0 Å². The summed E-state index contributed by atoms with van der Waals surface area (Å²) in [4.78, 5) is 7.01. The molecule has 1 aromatic heterocycles. The highest BCUT2D eigenvalue weighted by Crippen LogP contribution is 2.29. The molecular weight excluding hydrogens is 270 g/mol. The van der Waals surface area contributed by atoms with Gasteiger partial charge in [-0.3, -0.25) is 0 Å². The monoisotopic (exact) mass is 293 g/mol. The van der Waals surface area contributed by atoms with Gasteiger partial charge in [-0.25, -0.2) is 4.98 Å². The van der Waals surface area contributed by atoms with Crippen molar-refractivity contribution in [2.45, 2.75) is 64.1 Å². The smallest absolute Gasteiger partial charge is 0.129 e. The molecule has 1 heterocycles. The van der Waals surface area contributed by atoms with Crippen LogP contribution >= 0.6 is 11.6 Å². The first-order chi connectivity index (χ1) is 9.78. The highest BCUT2D eigenvalue weighted by molar-refractivity contribution is 6.31. The number of anilines is 1. The number of pyridine rings is 1. The molecule has 0 radical (unpaired) electrons. The fraction of sp³-hybridized carbons (Fsp3) is 0.688. The van der Waals surface area contributed by atoms with Crippen molar-refractivity contribution in [3.8, 4) is 0 Å². The molecule has 4 heteroatoms. The van der Waals surface area contributed by atoms with Crippen LogP contribution in [0.5, 0.6) is 0 Å². The summed E-state index contributed by atoms with van der Waals surface area (Å²) < 4.78 is 0. The highest BCUT2D eigenvalue weighted by atomic mass is 35.5. The Hall–Kier alpha value is -0.800. The molecule has 1 aromatic rings. The average molecular weight is 294 g/mol. The van der Waals surface area contributed by atoms with Crippen LogP contribution in [0.25, 0.3) is 0 Å². The number of rotatable bonds is 6. The van der Waals surface area contributed by atoms with Crippen molar-refractivity contribution in [2.75, 3.05) is 11.4 Å². The highest BCUT2D eigenvalue weighted by Gasteiger charge is 2.24. The second-order valence-corrected chi connectivity index (χ2v) is 6.42. The predicted molar refractivity (Wildman–Crippen MR) is 84.4 cm³/mol. The topological polar surface area (TPSA) is 28.2 Å². The van der Waals surface area contributed by atoms with E-state index >= 15 is 0 Å². The van der Waals surface area contributed by atoms with Crippen molar-refractivity contribution < 1.29 is 0 Å². The summed E-state index contributed by atoms with van der Waals surface area (Å²) in [7, 11) is 0. The Morgan fingerprint density at radius 3 is 2.70 bits per heavy atom. The number of aromatic nitrogens is 1. The Labute approximate surface area is 126 Å². The van der Waals surface area contributed by atoms with Crippen molar-refractivity contribution >= 4 is 17.4 Å². The van der Waals surface area contributed by atoms with Crippen LogP contribution in [-0.2, 0) is 6.54 Å². The fourth-order valence-corrected chi connectivity index (χ4v) is 3.30. The van der Waals surface area contributed by atoms with Crippen molar-refractivity contribution in [1.29, 1.82) is 0 Å². The van der Waals surface area contributed by atoms with Gasteiger partial charge < -0.3 is 10.2 Å². The quantitative estimate of drug-likeness (QED) is 0.866. The molecule has 3 nitrogen and oxygen atoms in total. The maximum Gasteiger partial charge on any atom is 0.129 e. The summed E-state index contributed by atoms with van der Waals surface area (Å²) in [5.41, 5.74) is 1.18. The summed E-state index contributed by atoms with van der Waals surface area (Å²) >= 11 is 6.29. The van der Waals surface area contributed by atoms with Crippen molar-refractivity contribution in [3.05, 3.63) is 22.8 Å². The maximum atomic E-state index is 6.29. The van der Waals surface area contributed by atoms with Gasteiger partial charge in [0.1, 0.15) is 5.82 Å². The first-order valence-electron chi connectivity index (χ1n) is 7.92. The molecule has 2 aliphatic rings. The predicted octanol–water partition coefficient (Wildman–Crippen LogP) is 3.76. The lowest BCUT2D eigenvalue weighted by Gasteiger charge is -2.29. The normalized spacial score (nSPS) is 19.5. The molecule has 0 saturated heterocycles. The minimum Gasteiger partial charge on any atom is -0.354 e. The first kappa shape index (κ1) is 14.2. The van der Waals surface area contributed by atoms with Crippen LogP contribution in [0, 0.1) is 0 Å². The zero-order valence-corrected chi connectivity index (χ0v) is 13.0. The van der Waals surface area contributed by atoms with Crippen LogP contribution in [0.3, 0.4) is 0 Å². The van der Waals surface area contributed by atoms with Gasteiger partial charge >= 0.3 is 0 Å². The Morgan fingerprint density at radius 1 is 1.30 bits per heavy atom. The van der Waals surface area contributed by atoms with E-state index in [0.29, 0.717) is 12.1 Å². The van der Waals surface area contributed by atoms with Gasteiger partial charge in [0.25, 0.3) is 0 Å². The Morgan fingerprint density at radius 2 is 2.05 bits per heavy atom. The van der Waals surface area contributed by atoms with E-state index in [9.17, 15) is 0 Å². The Balaban J connectivity index is 1.74. The van der Waals surface area contributed by atoms with Crippen molar-refractivity contribution in [1.82, 2.24) is 10.3 Å². The van der Waals surface area contributed by atoms with Gasteiger partial charge in [-0.1, -0.05) is 24.4 Å². The van der Waals surface area contributed by atoms with Crippen LogP contribution in [0.4, 0.5) is 5.82 Å². The average Bonchev–Trinajstić information content (AvgIpc) is 3.14. The van der Waals surface area contributed by atoms with E-state index in [1.165, 1.54) is 44.1 Å². The summed E-state index contributed by atoms with van der Waals surface area (Å²) in [6, 6.07) is 3.55. The van der Waals surface area contributed by atoms with E-state index < -0.39 is 0 Å². The Bertz CT molecular complexity index is 453. The van der Waals surface area contributed by atoms with E-state index in [4.69, 9.17) is 11.6 Å². The number of hydrogen-bond acceptors (Lipinski definition) is 3. The van der Waals surface area contributed by atoms with Crippen LogP contribution in [0.2, 0.25) is 5.02 Å². The van der Waals surface area contributed by atoms with E-state index in [1.54, 1.807) is 0 Å². The number of nitrogens with zero attached hydrogens (tertiary/aromatic N) is 2. The minimum absolute atomic E-state index is 0.665. The number of halogens is 1. The molecule has 110 valence electrons. The largest absolute Gasteiger partial charge is 0.354 e. The van der Waals surface area contributed by atoms with Crippen LogP contribution in [0.15, 0.2) is 12.3 Å². The van der Waals surface area contributed by atoms with Gasteiger partial charge in [-0.05, 0) is 44.2 Å². The van der Waals surface area contributed by atoms with Gasteiger partial charge in [-0.15, -0.1) is 0 Å². The Kier molecular flexibility index (Phi) is 4.47. The lowest BCUT2D eigenvalue weighted by Crippen LogP contribution is -2.33. The second-order valence-electron chi connectivity index (χ2n) is 6.01. The lowest BCUT2D eigenvalue weighted by molar-refractivity contribution is 0.612. The molecule has 0 aromatic carbocycles. The summed E-state index contributed by atoms with van der Waals surface area (Å²) in [6.45, 7) is 4.10. The molecule has 0 amide bonds. The lowest BCUT2D eigenvalue weighted by atomic mass is 10.2. The summed E-state index contributed by atoms with van der Waals surface area (Å²) in [5.74, 6) is 1.09. The van der Waals surface area contributed by atoms with Gasteiger partial charge in [0.15, 0.2) is 0 Å². The standard InChI is InChI=1S/C16H24ClN3/c1-2-20(14-5-3-4-6-14)16-9-12(15(17)11-19-16)10-18-13-7-8-13/h9,11,13-14,18H,2-8,10H2,1H3. The fourth-order valence-electron chi connectivity index (χ4n) is 3.13. The molecule has 3 rings (SSSR count). The van der Waals surface area contributed by atoms with Crippen LogP contribution < -0.4 is 10.2 Å². The molecule has 2 fully saturated rings. The van der Waals surface area contributed by atoms with E-state index in [0.717, 1.165) is 23.9 Å². The molecule has 0 spiro atoms. The molecular formula is C16H24ClN3. The van der Waals surface area contributed by atoms with Crippen molar-refractivity contribution in [2.24, 2.45) is 0 Å². The SMILES string of the molecule is CCN(c1cc(CNC2CC2)c(Cl)cn1)C1CCCC1. The first-order valence-corrected chi connectivity index (χ1v) is 8.30. The molecule has 0 aliphatic heterocycles. The summed E-state index contributed by atoms with van der Waals surface area (Å²) in [6.07, 6.45) is 9.73. The van der Waals surface area contributed by atoms with Gasteiger partial charge in [0.05, 0.1) is 5.02 Å². The van der Waals surface area contributed by atoms with Crippen LogP contribution in [-0.4, -0.2) is 23.6 Å². The third-order valence-corrected chi connectivity index (χ3v) is 4.82. The van der Waals surface area contributed by atoms with Crippen molar-refractivity contribution in [3.63, 3.8) is 0 Å². The molecule has 0 atom stereocenters. The third kappa shape index (κ3) is 3.26. The van der Waals surface area contributed by atoms with E-state index in [-0.39, 0.29) is 0 Å². The van der Waals surface area contributed by atoms with E-state index in [1.807, 2.05) is 6.20 Å². The van der Waals surface area contributed by atoms with Gasteiger partial charge in [-0.2, -0.15) is 0 Å². The molecule has 0 unspecified atom stereocenters. The second kappa shape index (κ2) is 6.31. The number of hydrogen-bond donors (Lipinski definition) is 1. The molecule has 20 heavy (non-hydrogen) atoms.